The molecule has 94 valence electrons. The maximum atomic E-state index is 6.02. The van der Waals surface area contributed by atoms with Gasteiger partial charge in [0.15, 0.2) is 5.82 Å². The second-order valence-electron chi connectivity index (χ2n) is 3.68. The van der Waals surface area contributed by atoms with Gasteiger partial charge in [-0.15, -0.1) is 0 Å². The molecule has 0 amide bonds. The van der Waals surface area contributed by atoms with Gasteiger partial charge in [0, 0.05) is 12.4 Å². The molecule has 2 aromatic heterocycles. The monoisotopic (exact) mass is 264 g/mol. The third-order valence-electron chi connectivity index (χ3n) is 2.43. The summed E-state index contributed by atoms with van der Waals surface area (Å²) in [4.78, 5) is 12.0. The largest absolute Gasteiger partial charge is 0.362 e. The summed E-state index contributed by atoms with van der Waals surface area (Å²) in [5.41, 5.74) is 3.46. The first-order chi connectivity index (χ1) is 8.70. The van der Waals surface area contributed by atoms with Gasteiger partial charge in [0.2, 0.25) is 5.95 Å². The Morgan fingerprint density at radius 2 is 2.06 bits per heavy atom. The van der Waals surface area contributed by atoms with E-state index < -0.39 is 0 Å². The van der Waals surface area contributed by atoms with E-state index in [1.165, 1.54) is 6.20 Å². The molecule has 0 aliphatic heterocycles. The number of nitrogens with zero attached hydrogens (tertiary/aromatic N) is 3. The minimum atomic E-state index is 0.0472. The molecule has 0 aliphatic carbocycles. The van der Waals surface area contributed by atoms with Crippen LogP contribution in [0.4, 0.5) is 11.8 Å². The van der Waals surface area contributed by atoms with Crippen LogP contribution >= 0.6 is 11.6 Å². The van der Waals surface area contributed by atoms with Crippen molar-refractivity contribution >= 4 is 23.4 Å². The Morgan fingerprint density at radius 1 is 1.33 bits per heavy atom. The number of halogens is 1. The average Bonchev–Trinajstić information content (AvgIpc) is 2.42. The van der Waals surface area contributed by atoms with Crippen LogP contribution in [-0.2, 0) is 0 Å². The molecule has 0 aliphatic rings. The molecule has 6 nitrogen and oxygen atoms in total. The van der Waals surface area contributed by atoms with Crippen molar-refractivity contribution in [3.8, 4) is 0 Å². The highest BCUT2D eigenvalue weighted by atomic mass is 35.5. The molecular weight excluding hydrogens is 252 g/mol. The summed E-state index contributed by atoms with van der Waals surface area (Å²) in [6.07, 6.45) is 4.97. The summed E-state index contributed by atoms with van der Waals surface area (Å²) in [6.45, 7) is 2.00. The highest BCUT2D eigenvalue weighted by Gasteiger charge is 2.10. The standard InChI is InChI=1S/C11H13ClN6/c1-7(8-2-4-14-5-3-8)16-10-9(12)6-15-11(17-10)18-13/h2-7H,13H2,1H3,(H2,15,16,17,18). The molecule has 4 N–H and O–H groups in total. The number of anilines is 2. The lowest BCUT2D eigenvalue weighted by Crippen LogP contribution is -2.13. The van der Waals surface area contributed by atoms with Crippen molar-refractivity contribution in [3.05, 3.63) is 41.3 Å². The van der Waals surface area contributed by atoms with E-state index in [9.17, 15) is 0 Å². The van der Waals surface area contributed by atoms with Gasteiger partial charge in [0.25, 0.3) is 0 Å². The topological polar surface area (TPSA) is 88.8 Å². The van der Waals surface area contributed by atoms with Gasteiger partial charge in [0.1, 0.15) is 5.02 Å². The smallest absolute Gasteiger partial charge is 0.239 e. The average molecular weight is 265 g/mol. The molecule has 0 spiro atoms. The molecule has 7 heteroatoms. The zero-order valence-electron chi connectivity index (χ0n) is 9.76. The summed E-state index contributed by atoms with van der Waals surface area (Å²) in [5.74, 6) is 6.10. The van der Waals surface area contributed by atoms with Crippen molar-refractivity contribution in [1.29, 1.82) is 0 Å². The molecule has 1 atom stereocenters. The van der Waals surface area contributed by atoms with E-state index in [1.807, 2.05) is 19.1 Å². The van der Waals surface area contributed by atoms with Crippen molar-refractivity contribution < 1.29 is 0 Å². The minimum Gasteiger partial charge on any atom is -0.362 e. The van der Waals surface area contributed by atoms with Gasteiger partial charge >= 0.3 is 0 Å². The maximum absolute atomic E-state index is 6.02. The number of rotatable bonds is 4. The molecule has 0 radical (unpaired) electrons. The fourth-order valence-electron chi connectivity index (χ4n) is 1.48. The highest BCUT2D eigenvalue weighted by Crippen LogP contribution is 2.24. The van der Waals surface area contributed by atoms with Gasteiger partial charge in [-0.25, -0.2) is 10.8 Å². The first kappa shape index (κ1) is 12.5. The van der Waals surface area contributed by atoms with Crippen LogP contribution in [0.2, 0.25) is 5.02 Å². The van der Waals surface area contributed by atoms with Crippen LogP contribution in [0.3, 0.4) is 0 Å². The first-order valence-corrected chi connectivity index (χ1v) is 5.74. The molecular formula is C11H13ClN6. The van der Waals surface area contributed by atoms with Gasteiger partial charge in [-0.05, 0) is 24.6 Å². The summed E-state index contributed by atoms with van der Waals surface area (Å²) >= 11 is 6.02. The van der Waals surface area contributed by atoms with Crippen molar-refractivity contribution in [2.24, 2.45) is 5.84 Å². The lowest BCUT2D eigenvalue weighted by molar-refractivity contribution is 0.868. The number of aromatic nitrogens is 3. The molecule has 2 heterocycles. The molecule has 0 fully saturated rings. The lowest BCUT2D eigenvalue weighted by atomic mass is 10.1. The van der Waals surface area contributed by atoms with Crippen LogP contribution in [0.1, 0.15) is 18.5 Å². The number of pyridine rings is 1. The van der Waals surface area contributed by atoms with E-state index in [-0.39, 0.29) is 6.04 Å². The van der Waals surface area contributed by atoms with Crippen molar-refractivity contribution in [3.63, 3.8) is 0 Å². The SMILES string of the molecule is CC(Nc1nc(NN)ncc1Cl)c1ccncc1. The predicted molar refractivity (Wildman–Crippen MR) is 71.1 cm³/mol. The number of nitrogens with one attached hydrogen (secondary N) is 2. The zero-order chi connectivity index (χ0) is 13.0. The third-order valence-corrected chi connectivity index (χ3v) is 2.71. The molecule has 18 heavy (non-hydrogen) atoms. The van der Waals surface area contributed by atoms with Crippen molar-refractivity contribution in [2.75, 3.05) is 10.7 Å². The van der Waals surface area contributed by atoms with Crippen LogP contribution < -0.4 is 16.6 Å². The minimum absolute atomic E-state index is 0.0472. The van der Waals surface area contributed by atoms with Crippen LogP contribution in [0.15, 0.2) is 30.7 Å². The van der Waals surface area contributed by atoms with E-state index in [4.69, 9.17) is 17.4 Å². The Morgan fingerprint density at radius 3 is 2.72 bits per heavy atom. The van der Waals surface area contributed by atoms with Crippen molar-refractivity contribution in [1.82, 2.24) is 15.0 Å². The Balaban J connectivity index is 2.18. The van der Waals surface area contributed by atoms with Crippen LogP contribution in [0.5, 0.6) is 0 Å². The molecule has 2 aromatic rings. The highest BCUT2D eigenvalue weighted by molar-refractivity contribution is 6.32. The number of nitrogen functional groups attached to an aromatic ring is 1. The summed E-state index contributed by atoms with van der Waals surface area (Å²) < 4.78 is 0. The summed E-state index contributed by atoms with van der Waals surface area (Å²) in [7, 11) is 0. The maximum Gasteiger partial charge on any atom is 0.239 e. The van der Waals surface area contributed by atoms with E-state index in [0.29, 0.717) is 16.8 Å². The van der Waals surface area contributed by atoms with E-state index in [1.54, 1.807) is 12.4 Å². The predicted octanol–water partition coefficient (Wildman–Crippen LogP) is 1.98. The fraction of sp³-hybridized carbons (Fsp3) is 0.182. The van der Waals surface area contributed by atoms with E-state index in [2.05, 4.69) is 25.7 Å². The number of hydrogen-bond donors (Lipinski definition) is 3. The third kappa shape index (κ3) is 2.85. The van der Waals surface area contributed by atoms with E-state index >= 15 is 0 Å². The Bertz CT molecular complexity index is 518. The zero-order valence-corrected chi connectivity index (χ0v) is 10.5. The van der Waals surface area contributed by atoms with Crippen LogP contribution in [0.25, 0.3) is 0 Å². The quantitative estimate of drug-likeness (QED) is 0.578. The Hall–Kier alpha value is -1.92. The molecule has 0 bridgehead atoms. The Labute approximate surface area is 110 Å². The molecule has 0 saturated carbocycles. The molecule has 2 rings (SSSR count). The normalized spacial score (nSPS) is 11.9. The van der Waals surface area contributed by atoms with Crippen LogP contribution in [0, 0.1) is 0 Å². The number of hydrazine groups is 1. The second kappa shape index (κ2) is 5.61. The van der Waals surface area contributed by atoms with Gasteiger partial charge in [-0.3, -0.25) is 10.4 Å². The summed E-state index contributed by atoms with van der Waals surface area (Å²) in [5, 5.41) is 3.63. The van der Waals surface area contributed by atoms with Gasteiger partial charge < -0.3 is 5.32 Å². The van der Waals surface area contributed by atoms with Crippen molar-refractivity contribution in [2.45, 2.75) is 13.0 Å². The molecule has 1 unspecified atom stereocenters. The molecule has 0 aromatic carbocycles. The first-order valence-electron chi connectivity index (χ1n) is 5.36. The number of nitrogens with two attached hydrogens (primary N) is 1. The lowest BCUT2D eigenvalue weighted by Gasteiger charge is -2.15. The van der Waals surface area contributed by atoms with Gasteiger partial charge in [0.05, 0.1) is 12.2 Å². The molecule has 0 saturated heterocycles. The van der Waals surface area contributed by atoms with E-state index in [0.717, 1.165) is 5.56 Å². The van der Waals surface area contributed by atoms with Gasteiger partial charge in [-0.1, -0.05) is 11.6 Å². The Kier molecular flexibility index (Phi) is 3.91. The summed E-state index contributed by atoms with van der Waals surface area (Å²) in [6, 6.07) is 3.90. The van der Waals surface area contributed by atoms with Gasteiger partial charge in [-0.2, -0.15) is 4.98 Å². The number of hydrogen-bond acceptors (Lipinski definition) is 6. The van der Waals surface area contributed by atoms with Crippen LogP contribution in [-0.4, -0.2) is 15.0 Å². The fourth-order valence-corrected chi connectivity index (χ4v) is 1.62. The second-order valence-corrected chi connectivity index (χ2v) is 4.09.